The van der Waals surface area contributed by atoms with Crippen LogP contribution < -0.4 is 5.73 Å². The summed E-state index contributed by atoms with van der Waals surface area (Å²) in [6, 6.07) is 0. The van der Waals surface area contributed by atoms with Gasteiger partial charge in [-0.05, 0) is 18.8 Å². The number of hydrogen-bond acceptors (Lipinski definition) is 1. The van der Waals surface area contributed by atoms with Crippen molar-refractivity contribution in [1.82, 2.24) is 0 Å². The Hall–Kier alpha value is -0.180. The van der Waals surface area contributed by atoms with Crippen molar-refractivity contribution < 1.29 is 8.78 Å². The Balaban J connectivity index is 2.40. The molecule has 54 valence electrons. The van der Waals surface area contributed by atoms with E-state index in [1.807, 2.05) is 6.92 Å². The number of halogens is 2. The van der Waals surface area contributed by atoms with Crippen molar-refractivity contribution in [3.8, 4) is 0 Å². The average molecular weight is 135 g/mol. The minimum absolute atomic E-state index is 0.393. The second-order valence-corrected chi connectivity index (χ2v) is 3.05. The minimum Gasteiger partial charge on any atom is -0.320 e. The molecule has 1 nitrogen and oxygen atoms in total. The number of rotatable bonds is 1. The quantitative estimate of drug-likeness (QED) is 0.577. The summed E-state index contributed by atoms with van der Waals surface area (Å²) in [7, 11) is 0. The highest BCUT2D eigenvalue weighted by Gasteiger charge is 2.45. The van der Waals surface area contributed by atoms with Crippen molar-refractivity contribution in [2.45, 2.75) is 31.7 Å². The maximum absolute atomic E-state index is 11.9. The molecule has 0 atom stereocenters. The summed E-state index contributed by atoms with van der Waals surface area (Å²) in [6.07, 6.45) is -1.39. The largest absolute Gasteiger partial charge is 0.320 e. The van der Waals surface area contributed by atoms with Crippen LogP contribution in [0, 0.1) is 5.92 Å². The third-order valence-electron chi connectivity index (χ3n) is 1.89. The van der Waals surface area contributed by atoms with E-state index in [0.717, 1.165) is 0 Å². The number of alkyl halides is 2. The lowest BCUT2D eigenvalue weighted by molar-refractivity contribution is -0.0187. The molecule has 1 aliphatic rings. The summed E-state index contributed by atoms with van der Waals surface area (Å²) in [5, 5.41) is 0. The summed E-state index contributed by atoms with van der Waals surface area (Å²) in [5.74, 6) is 0.393. The van der Waals surface area contributed by atoms with Crippen molar-refractivity contribution in [3.63, 3.8) is 0 Å². The van der Waals surface area contributed by atoms with Gasteiger partial charge in [0.2, 0.25) is 0 Å². The van der Waals surface area contributed by atoms with Crippen LogP contribution >= 0.6 is 0 Å². The summed E-state index contributed by atoms with van der Waals surface area (Å²) in [6.45, 7) is 1.94. The van der Waals surface area contributed by atoms with Crippen molar-refractivity contribution in [3.05, 3.63) is 0 Å². The Morgan fingerprint density at radius 1 is 1.56 bits per heavy atom. The topological polar surface area (TPSA) is 26.0 Å². The van der Waals surface area contributed by atoms with E-state index in [1.54, 1.807) is 0 Å². The fraction of sp³-hybridized carbons (Fsp3) is 1.00. The van der Waals surface area contributed by atoms with Gasteiger partial charge in [0, 0.05) is 0 Å². The third kappa shape index (κ3) is 1.06. The predicted molar refractivity (Wildman–Crippen MR) is 31.3 cm³/mol. The molecular weight excluding hydrogens is 124 g/mol. The van der Waals surface area contributed by atoms with Crippen LogP contribution in [-0.4, -0.2) is 12.0 Å². The van der Waals surface area contributed by atoms with Gasteiger partial charge in [-0.15, -0.1) is 0 Å². The highest BCUT2D eigenvalue weighted by Crippen LogP contribution is 2.39. The molecular formula is C6H11F2N. The van der Waals surface area contributed by atoms with Crippen molar-refractivity contribution in [2.75, 3.05) is 0 Å². The van der Waals surface area contributed by atoms with Gasteiger partial charge in [0.25, 0.3) is 6.43 Å². The second kappa shape index (κ2) is 1.90. The summed E-state index contributed by atoms with van der Waals surface area (Å²) >= 11 is 0. The molecule has 0 radical (unpaired) electrons. The summed E-state index contributed by atoms with van der Waals surface area (Å²) in [5.41, 5.74) is 4.15. The van der Waals surface area contributed by atoms with E-state index in [9.17, 15) is 8.78 Å². The zero-order chi connectivity index (χ0) is 7.07. The second-order valence-electron chi connectivity index (χ2n) is 3.05. The first kappa shape index (κ1) is 6.93. The maximum Gasteiger partial charge on any atom is 0.256 e. The van der Waals surface area contributed by atoms with Gasteiger partial charge in [0.1, 0.15) is 0 Å². The predicted octanol–water partition coefficient (Wildman–Crippen LogP) is 1.38. The molecule has 0 aromatic heterocycles. The Bertz CT molecular complexity index is 108. The van der Waals surface area contributed by atoms with E-state index in [2.05, 4.69) is 0 Å². The fourth-order valence-electron chi connectivity index (χ4n) is 1.42. The normalized spacial score (nSPS) is 43.0. The molecule has 0 aliphatic heterocycles. The zero-order valence-corrected chi connectivity index (χ0v) is 5.40. The van der Waals surface area contributed by atoms with E-state index in [1.165, 1.54) is 0 Å². The standard InChI is InChI=1S/C6H11F2N/c1-4-2-6(9,3-4)5(7)8/h4-5H,2-3,9H2,1H3. The monoisotopic (exact) mass is 135 g/mol. The molecule has 1 fully saturated rings. The molecule has 1 aliphatic carbocycles. The lowest BCUT2D eigenvalue weighted by Gasteiger charge is -2.42. The molecule has 0 bridgehead atoms. The van der Waals surface area contributed by atoms with Gasteiger partial charge in [0.05, 0.1) is 5.54 Å². The number of hydrogen-bond donors (Lipinski definition) is 1. The van der Waals surface area contributed by atoms with Gasteiger partial charge in [-0.2, -0.15) is 0 Å². The highest BCUT2D eigenvalue weighted by atomic mass is 19.3. The van der Waals surface area contributed by atoms with Gasteiger partial charge < -0.3 is 5.73 Å². The van der Waals surface area contributed by atoms with Gasteiger partial charge in [-0.1, -0.05) is 6.92 Å². The molecule has 0 heterocycles. The Kier molecular flexibility index (Phi) is 1.47. The van der Waals surface area contributed by atoms with Crippen LogP contribution in [-0.2, 0) is 0 Å². The first-order valence-electron chi connectivity index (χ1n) is 3.11. The van der Waals surface area contributed by atoms with E-state index in [0.29, 0.717) is 18.8 Å². The van der Waals surface area contributed by atoms with Crippen molar-refractivity contribution in [2.24, 2.45) is 11.7 Å². The van der Waals surface area contributed by atoms with Gasteiger partial charge in [-0.25, -0.2) is 8.78 Å². The van der Waals surface area contributed by atoms with E-state index < -0.39 is 12.0 Å². The highest BCUT2D eigenvalue weighted by molar-refractivity contribution is 4.98. The van der Waals surface area contributed by atoms with Crippen LogP contribution in [0.3, 0.4) is 0 Å². The van der Waals surface area contributed by atoms with Crippen LogP contribution in [0.15, 0.2) is 0 Å². The first-order chi connectivity index (χ1) is 4.04. The van der Waals surface area contributed by atoms with Crippen LogP contribution in [0.1, 0.15) is 19.8 Å². The molecule has 0 unspecified atom stereocenters. The lowest BCUT2D eigenvalue weighted by Crippen LogP contribution is -2.56. The smallest absolute Gasteiger partial charge is 0.256 e. The third-order valence-corrected chi connectivity index (χ3v) is 1.89. The molecule has 1 saturated carbocycles. The zero-order valence-electron chi connectivity index (χ0n) is 5.40. The SMILES string of the molecule is CC1CC(N)(C(F)F)C1. The Morgan fingerprint density at radius 2 is 2.00 bits per heavy atom. The van der Waals surface area contributed by atoms with Crippen molar-refractivity contribution >= 4 is 0 Å². The molecule has 0 saturated heterocycles. The van der Waals surface area contributed by atoms with Crippen LogP contribution in [0.4, 0.5) is 8.78 Å². The van der Waals surface area contributed by atoms with E-state index in [4.69, 9.17) is 5.73 Å². The first-order valence-corrected chi connectivity index (χ1v) is 3.11. The Morgan fingerprint density at radius 3 is 2.11 bits per heavy atom. The lowest BCUT2D eigenvalue weighted by atomic mass is 9.70. The fourth-order valence-corrected chi connectivity index (χ4v) is 1.42. The van der Waals surface area contributed by atoms with Gasteiger partial charge in [0.15, 0.2) is 0 Å². The Labute approximate surface area is 53.2 Å². The van der Waals surface area contributed by atoms with E-state index in [-0.39, 0.29) is 0 Å². The van der Waals surface area contributed by atoms with E-state index >= 15 is 0 Å². The molecule has 0 aromatic rings. The molecule has 1 rings (SSSR count). The summed E-state index contributed by atoms with van der Waals surface area (Å²) in [4.78, 5) is 0. The average Bonchev–Trinajstić information content (AvgIpc) is 1.62. The molecule has 0 amide bonds. The maximum atomic E-state index is 11.9. The van der Waals surface area contributed by atoms with Gasteiger partial charge >= 0.3 is 0 Å². The number of nitrogens with two attached hydrogens (primary N) is 1. The van der Waals surface area contributed by atoms with Crippen molar-refractivity contribution in [1.29, 1.82) is 0 Å². The van der Waals surface area contributed by atoms with Crippen LogP contribution in [0.25, 0.3) is 0 Å². The molecule has 0 spiro atoms. The molecule has 3 heteroatoms. The van der Waals surface area contributed by atoms with Gasteiger partial charge in [-0.3, -0.25) is 0 Å². The van der Waals surface area contributed by atoms with Crippen LogP contribution in [0.2, 0.25) is 0 Å². The summed E-state index contributed by atoms with van der Waals surface area (Å²) < 4.78 is 23.8. The minimum atomic E-state index is -2.34. The molecule has 2 N–H and O–H groups in total. The molecule has 9 heavy (non-hydrogen) atoms. The molecule has 0 aromatic carbocycles. The van der Waals surface area contributed by atoms with Crippen LogP contribution in [0.5, 0.6) is 0 Å².